The Hall–Kier alpha value is -1.92. The highest BCUT2D eigenvalue weighted by molar-refractivity contribution is 5.25. The van der Waals surface area contributed by atoms with Crippen LogP contribution in [-0.2, 0) is 11.3 Å². The molecule has 0 radical (unpaired) electrons. The lowest BCUT2D eigenvalue weighted by molar-refractivity contribution is -0.0533. The summed E-state index contributed by atoms with van der Waals surface area (Å²) in [7, 11) is 0. The second kappa shape index (κ2) is 6.29. The molecule has 6 heteroatoms. The number of hydrogen-bond acceptors (Lipinski definition) is 6. The van der Waals surface area contributed by atoms with E-state index in [0.29, 0.717) is 5.95 Å². The SMILES string of the molecule is c1cnc(N[C@H]2CO[C@]3(CCCN(Cc4ccoc4)C3)C2)nc1. The quantitative estimate of drug-likeness (QED) is 0.934. The van der Waals surface area contributed by atoms with Crippen LogP contribution in [0.2, 0.25) is 0 Å². The molecule has 1 N–H and O–H groups in total. The van der Waals surface area contributed by atoms with Crippen LogP contribution in [0.5, 0.6) is 0 Å². The van der Waals surface area contributed by atoms with E-state index in [0.717, 1.165) is 39.1 Å². The molecule has 6 nitrogen and oxygen atoms in total. The van der Waals surface area contributed by atoms with Crippen molar-refractivity contribution in [3.05, 3.63) is 42.6 Å². The largest absolute Gasteiger partial charge is 0.472 e. The fourth-order valence-electron chi connectivity index (χ4n) is 3.74. The zero-order valence-corrected chi connectivity index (χ0v) is 13.1. The Kier molecular flexibility index (Phi) is 4.01. The number of nitrogens with one attached hydrogen (secondary N) is 1. The molecule has 0 unspecified atom stereocenters. The molecular weight excluding hydrogens is 292 g/mol. The zero-order chi connectivity index (χ0) is 15.5. The molecule has 0 aliphatic carbocycles. The van der Waals surface area contributed by atoms with Crippen molar-refractivity contribution in [1.29, 1.82) is 0 Å². The van der Waals surface area contributed by atoms with Crippen molar-refractivity contribution in [3.63, 3.8) is 0 Å². The normalized spacial score (nSPS) is 28.3. The Balaban J connectivity index is 1.37. The van der Waals surface area contributed by atoms with Gasteiger partial charge in [0.2, 0.25) is 5.95 Å². The third-order valence-electron chi connectivity index (χ3n) is 4.71. The van der Waals surface area contributed by atoms with Crippen molar-refractivity contribution in [3.8, 4) is 0 Å². The van der Waals surface area contributed by atoms with Gasteiger partial charge in [0, 0.05) is 37.5 Å². The van der Waals surface area contributed by atoms with E-state index in [1.807, 2.05) is 18.4 Å². The number of furan rings is 1. The average Bonchev–Trinajstić information content (AvgIpc) is 3.19. The Labute approximate surface area is 135 Å². The van der Waals surface area contributed by atoms with Crippen molar-refractivity contribution in [2.24, 2.45) is 0 Å². The summed E-state index contributed by atoms with van der Waals surface area (Å²) in [6.45, 7) is 3.75. The minimum Gasteiger partial charge on any atom is -0.472 e. The molecule has 1 spiro atoms. The molecular formula is C17H22N4O2. The van der Waals surface area contributed by atoms with Crippen molar-refractivity contribution < 1.29 is 9.15 Å². The third kappa shape index (κ3) is 3.38. The van der Waals surface area contributed by atoms with Crippen molar-refractivity contribution >= 4 is 5.95 Å². The molecule has 2 aromatic heterocycles. The lowest BCUT2D eigenvalue weighted by Gasteiger charge is -2.39. The summed E-state index contributed by atoms with van der Waals surface area (Å²) in [5.74, 6) is 0.684. The molecule has 2 aliphatic rings. The highest BCUT2D eigenvalue weighted by Gasteiger charge is 2.43. The fourth-order valence-corrected chi connectivity index (χ4v) is 3.74. The smallest absolute Gasteiger partial charge is 0.222 e. The number of hydrogen-bond donors (Lipinski definition) is 1. The van der Waals surface area contributed by atoms with Gasteiger partial charge in [0.05, 0.1) is 30.8 Å². The van der Waals surface area contributed by atoms with Gasteiger partial charge in [0.15, 0.2) is 0 Å². The van der Waals surface area contributed by atoms with Gasteiger partial charge in [0.1, 0.15) is 0 Å². The van der Waals surface area contributed by atoms with E-state index >= 15 is 0 Å². The zero-order valence-electron chi connectivity index (χ0n) is 13.1. The van der Waals surface area contributed by atoms with Crippen LogP contribution in [0.3, 0.4) is 0 Å². The van der Waals surface area contributed by atoms with E-state index in [9.17, 15) is 0 Å². The van der Waals surface area contributed by atoms with Gasteiger partial charge >= 0.3 is 0 Å². The Morgan fingerprint density at radius 1 is 1.35 bits per heavy atom. The summed E-state index contributed by atoms with van der Waals surface area (Å²) in [5.41, 5.74) is 1.20. The fraction of sp³-hybridized carbons (Fsp3) is 0.529. The lowest BCUT2D eigenvalue weighted by Crippen LogP contribution is -2.47. The number of likely N-dealkylation sites (tertiary alicyclic amines) is 1. The van der Waals surface area contributed by atoms with Crippen LogP contribution in [0, 0.1) is 0 Å². The van der Waals surface area contributed by atoms with Crippen LogP contribution >= 0.6 is 0 Å². The van der Waals surface area contributed by atoms with E-state index in [1.165, 1.54) is 12.0 Å². The Bertz CT molecular complexity index is 619. The van der Waals surface area contributed by atoms with Gasteiger partial charge in [-0.15, -0.1) is 0 Å². The van der Waals surface area contributed by atoms with Crippen LogP contribution in [0.25, 0.3) is 0 Å². The maximum absolute atomic E-state index is 6.23. The molecule has 2 fully saturated rings. The summed E-state index contributed by atoms with van der Waals surface area (Å²) >= 11 is 0. The monoisotopic (exact) mass is 314 g/mol. The van der Waals surface area contributed by atoms with E-state index in [1.54, 1.807) is 18.7 Å². The predicted molar refractivity (Wildman–Crippen MR) is 86.0 cm³/mol. The standard InChI is InChI=1S/C17H22N4O2/c1-4-17(13-21(7-1)10-14-3-8-22-11-14)9-15(12-23-17)20-16-18-5-2-6-19-16/h2-3,5-6,8,11,15H,1,4,7,9-10,12-13H2,(H,18,19,20)/t15-,17-/m1/s1. The summed E-state index contributed by atoms with van der Waals surface area (Å²) < 4.78 is 11.4. The number of aromatic nitrogens is 2. The average molecular weight is 314 g/mol. The Morgan fingerprint density at radius 3 is 3.09 bits per heavy atom. The van der Waals surface area contributed by atoms with Crippen molar-refractivity contribution in [2.45, 2.75) is 37.5 Å². The number of piperidine rings is 1. The molecule has 0 saturated carbocycles. The summed E-state index contributed by atoms with van der Waals surface area (Å²) in [5, 5.41) is 3.39. The minimum absolute atomic E-state index is 0.0333. The molecule has 2 atom stereocenters. The van der Waals surface area contributed by atoms with Gasteiger partial charge < -0.3 is 14.5 Å². The van der Waals surface area contributed by atoms with Crippen molar-refractivity contribution in [1.82, 2.24) is 14.9 Å². The first-order valence-corrected chi connectivity index (χ1v) is 8.22. The summed E-state index contributed by atoms with van der Waals surface area (Å²) in [6.07, 6.45) is 10.4. The van der Waals surface area contributed by atoms with E-state index in [-0.39, 0.29) is 11.6 Å². The molecule has 4 heterocycles. The van der Waals surface area contributed by atoms with Crippen molar-refractivity contribution in [2.75, 3.05) is 25.0 Å². The van der Waals surface area contributed by atoms with E-state index < -0.39 is 0 Å². The van der Waals surface area contributed by atoms with Gasteiger partial charge in [0.25, 0.3) is 0 Å². The van der Waals surface area contributed by atoms with Crippen LogP contribution in [0.15, 0.2) is 41.5 Å². The van der Waals surface area contributed by atoms with Gasteiger partial charge in [-0.25, -0.2) is 9.97 Å². The second-order valence-corrected chi connectivity index (χ2v) is 6.56. The molecule has 2 saturated heterocycles. The summed E-state index contributed by atoms with van der Waals surface area (Å²) in [4.78, 5) is 11.0. The molecule has 4 rings (SSSR count). The van der Waals surface area contributed by atoms with E-state index in [4.69, 9.17) is 9.15 Å². The topological polar surface area (TPSA) is 63.4 Å². The first-order valence-electron chi connectivity index (χ1n) is 8.22. The van der Waals surface area contributed by atoms with Crippen LogP contribution < -0.4 is 5.32 Å². The van der Waals surface area contributed by atoms with Gasteiger partial charge in [-0.05, 0) is 31.5 Å². The minimum atomic E-state index is -0.0333. The molecule has 0 aromatic carbocycles. The van der Waals surface area contributed by atoms with Crippen LogP contribution in [-0.4, -0.2) is 46.2 Å². The van der Waals surface area contributed by atoms with Gasteiger partial charge in [-0.2, -0.15) is 0 Å². The van der Waals surface area contributed by atoms with Crippen LogP contribution in [0.4, 0.5) is 5.95 Å². The van der Waals surface area contributed by atoms with Gasteiger partial charge in [-0.3, -0.25) is 4.90 Å². The first kappa shape index (κ1) is 14.7. The molecule has 2 aliphatic heterocycles. The number of ether oxygens (including phenoxy) is 1. The maximum atomic E-state index is 6.23. The molecule has 23 heavy (non-hydrogen) atoms. The van der Waals surface area contributed by atoms with Gasteiger partial charge in [-0.1, -0.05) is 0 Å². The molecule has 122 valence electrons. The molecule has 0 bridgehead atoms. The van der Waals surface area contributed by atoms with Crippen LogP contribution in [0.1, 0.15) is 24.8 Å². The number of rotatable bonds is 4. The summed E-state index contributed by atoms with van der Waals surface area (Å²) in [6, 6.07) is 4.15. The highest BCUT2D eigenvalue weighted by Crippen LogP contribution is 2.35. The highest BCUT2D eigenvalue weighted by atomic mass is 16.5. The number of anilines is 1. The first-order chi connectivity index (χ1) is 11.3. The lowest BCUT2D eigenvalue weighted by atomic mass is 9.88. The molecule has 0 amide bonds. The molecule has 2 aromatic rings. The Morgan fingerprint density at radius 2 is 2.26 bits per heavy atom. The second-order valence-electron chi connectivity index (χ2n) is 6.56. The third-order valence-corrected chi connectivity index (χ3v) is 4.71. The van der Waals surface area contributed by atoms with E-state index in [2.05, 4.69) is 20.2 Å². The maximum Gasteiger partial charge on any atom is 0.222 e. The number of nitrogens with zero attached hydrogens (tertiary/aromatic N) is 3. The predicted octanol–water partition coefficient (Wildman–Crippen LogP) is 2.31.